The summed E-state index contributed by atoms with van der Waals surface area (Å²) in [5.41, 5.74) is 0.649. The van der Waals surface area contributed by atoms with E-state index in [0.29, 0.717) is 41.2 Å². The van der Waals surface area contributed by atoms with Crippen LogP contribution in [0.1, 0.15) is 69.4 Å². The van der Waals surface area contributed by atoms with Crippen molar-refractivity contribution in [2.45, 2.75) is 82.9 Å². The van der Waals surface area contributed by atoms with Gasteiger partial charge >= 0.3 is 5.97 Å². The lowest BCUT2D eigenvalue weighted by Crippen LogP contribution is -2.49. The molecule has 1 aliphatic heterocycles. The summed E-state index contributed by atoms with van der Waals surface area (Å²) in [5, 5.41) is 16.6. The van der Waals surface area contributed by atoms with Crippen LogP contribution in [-0.2, 0) is 30.3 Å². The fourth-order valence-corrected chi connectivity index (χ4v) is 6.76. The number of ketones is 1. The monoisotopic (exact) mass is 700 g/mol. The molecule has 1 saturated carbocycles. The molecule has 1 spiro atoms. The predicted molar refractivity (Wildman–Crippen MR) is 185 cm³/mol. The normalized spacial score (nSPS) is 24.6. The average molecular weight is 702 g/mol. The highest BCUT2D eigenvalue weighted by Crippen LogP contribution is 2.47. The maximum absolute atomic E-state index is 13.7. The largest absolute Gasteiger partial charge is 0.495 e. The molecule has 1 heterocycles. The molecule has 260 valence electrons. The van der Waals surface area contributed by atoms with Gasteiger partial charge in [0.2, 0.25) is 11.8 Å². The SMILES string of the molecule is COc1ccc(C[C@H]2NC(=O)/C=C/C[C@@H]([C@H](C)[C@@H](O)[C@@H](Cl)c3ccccc3)OC(=O)[C@H](CC(C)C)CC(=O)C3(CC3)CNC2=O)cc1Cl. The third-order valence-electron chi connectivity index (χ3n) is 9.30. The minimum absolute atomic E-state index is 0.0148. The molecule has 0 saturated heterocycles. The van der Waals surface area contributed by atoms with Gasteiger partial charge in [0.15, 0.2) is 0 Å². The lowest BCUT2D eigenvalue weighted by Gasteiger charge is -2.31. The highest BCUT2D eigenvalue weighted by molar-refractivity contribution is 6.32. The van der Waals surface area contributed by atoms with Gasteiger partial charge in [-0.2, -0.15) is 0 Å². The number of aliphatic hydroxyl groups excluding tert-OH is 1. The fraction of sp³-hybridized carbons (Fsp3) is 0.514. The van der Waals surface area contributed by atoms with Crippen LogP contribution in [0, 0.1) is 23.2 Å². The van der Waals surface area contributed by atoms with Crippen molar-refractivity contribution in [3.8, 4) is 5.75 Å². The highest BCUT2D eigenvalue weighted by Gasteiger charge is 2.50. The molecule has 0 bridgehead atoms. The summed E-state index contributed by atoms with van der Waals surface area (Å²) in [4.78, 5) is 54.1. The Morgan fingerprint density at radius 1 is 1.06 bits per heavy atom. The van der Waals surface area contributed by atoms with Gasteiger partial charge in [0.25, 0.3) is 0 Å². The molecular weight excluding hydrogens is 655 g/mol. The van der Waals surface area contributed by atoms with E-state index in [0.717, 1.165) is 0 Å². The van der Waals surface area contributed by atoms with Crippen molar-refractivity contribution < 1.29 is 33.8 Å². The first-order chi connectivity index (χ1) is 22.8. The first-order valence-corrected chi connectivity index (χ1v) is 17.3. The summed E-state index contributed by atoms with van der Waals surface area (Å²) in [6.45, 7) is 5.80. The Balaban J connectivity index is 1.63. The Hall–Kier alpha value is -3.40. The molecule has 48 heavy (non-hydrogen) atoms. The van der Waals surface area contributed by atoms with Gasteiger partial charge in [-0.25, -0.2) is 0 Å². The minimum Gasteiger partial charge on any atom is -0.495 e. The second-order valence-corrected chi connectivity index (χ2v) is 14.3. The molecule has 11 heteroatoms. The molecule has 2 aromatic rings. The van der Waals surface area contributed by atoms with Crippen LogP contribution in [0.15, 0.2) is 60.7 Å². The number of esters is 1. The number of carbonyl (C=O) groups excluding carboxylic acids is 4. The molecule has 0 aromatic heterocycles. The lowest BCUT2D eigenvalue weighted by molar-refractivity contribution is -0.160. The number of carbonyl (C=O) groups is 4. The van der Waals surface area contributed by atoms with Crippen LogP contribution in [0.5, 0.6) is 5.75 Å². The van der Waals surface area contributed by atoms with Gasteiger partial charge in [-0.1, -0.05) is 74.8 Å². The van der Waals surface area contributed by atoms with Gasteiger partial charge in [-0.3, -0.25) is 19.2 Å². The molecule has 9 nitrogen and oxygen atoms in total. The standard InChI is InChI=1S/C37H46Cl2N2O7/c1-22(2)17-26-20-31(42)37(15-16-37)21-40-35(45)28(19-24-13-14-30(47-4)27(38)18-24)41-32(43)12-8-11-29(48-36(26)46)23(3)34(44)33(39)25-9-6-5-7-10-25/h5-10,12-14,18,22-23,26,28-29,33-34,44H,11,15-17,19-21H2,1-4H3,(H,40,45)(H,41,43)/b12-8+/t23-,26+,28+,29-,33-,34+/m0/s1. The Kier molecular flexibility index (Phi) is 13.1. The van der Waals surface area contributed by atoms with Gasteiger partial charge < -0.3 is 25.2 Å². The van der Waals surface area contributed by atoms with Gasteiger partial charge in [0.05, 0.1) is 29.5 Å². The molecule has 2 aliphatic rings. The first kappa shape index (κ1) is 37.4. The molecule has 2 amide bonds. The second-order valence-electron chi connectivity index (χ2n) is 13.5. The lowest BCUT2D eigenvalue weighted by atomic mass is 9.86. The highest BCUT2D eigenvalue weighted by atomic mass is 35.5. The van der Waals surface area contributed by atoms with Gasteiger partial charge in [-0.05, 0) is 54.5 Å². The number of Topliss-reactive ketones (excluding diaryl/α,β-unsaturated/α-hetero) is 1. The maximum atomic E-state index is 13.7. The summed E-state index contributed by atoms with van der Waals surface area (Å²) in [7, 11) is 1.51. The average Bonchev–Trinajstić information content (AvgIpc) is 3.86. The molecule has 0 unspecified atom stereocenters. The molecule has 1 aliphatic carbocycles. The number of amides is 2. The van der Waals surface area contributed by atoms with Gasteiger partial charge in [-0.15, -0.1) is 11.6 Å². The van der Waals surface area contributed by atoms with Crippen molar-refractivity contribution in [2.24, 2.45) is 23.2 Å². The zero-order chi connectivity index (χ0) is 35.0. The van der Waals surface area contributed by atoms with Crippen LogP contribution in [-0.4, -0.2) is 60.6 Å². The number of ether oxygens (including phenoxy) is 2. The predicted octanol–water partition coefficient (Wildman–Crippen LogP) is 5.74. The van der Waals surface area contributed by atoms with Gasteiger partial charge in [0.1, 0.15) is 23.7 Å². The number of alkyl halides is 1. The van der Waals surface area contributed by atoms with E-state index in [9.17, 15) is 24.3 Å². The van der Waals surface area contributed by atoms with Crippen molar-refractivity contribution in [2.75, 3.05) is 13.7 Å². The first-order valence-electron chi connectivity index (χ1n) is 16.5. The molecule has 1 fully saturated rings. The van der Waals surface area contributed by atoms with Crippen molar-refractivity contribution in [3.63, 3.8) is 0 Å². The maximum Gasteiger partial charge on any atom is 0.309 e. The quantitative estimate of drug-likeness (QED) is 0.225. The number of aliphatic hydroxyl groups is 1. The van der Waals surface area contributed by atoms with E-state index in [1.54, 1.807) is 31.2 Å². The van der Waals surface area contributed by atoms with E-state index in [2.05, 4.69) is 10.6 Å². The van der Waals surface area contributed by atoms with Gasteiger partial charge in [0, 0.05) is 37.1 Å². The Morgan fingerprint density at radius 3 is 2.40 bits per heavy atom. The Morgan fingerprint density at radius 2 is 1.77 bits per heavy atom. The number of cyclic esters (lactones) is 1. The second kappa shape index (κ2) is 16.8. The van der Waals surface area contributed by atoms with Crippen LogP contribution in [0.4, 0.5) is 0 Å². The van der Waals surface area contributed by atoms with Crippen LogP contribution < -0.4 is 15.4 Å². The number of methoxy groups -OCH3 is 1. The van der Waals surface area contributed by atoms with Crippen molar-refractivity contribution in [3.05, 3.63) is 76.8 Å². The van der Waals surface area contributed by atoms with E-state index in [4.69, 9.17) is 32.7 Å². The van der Waals surface area contributed by atoms with Crippen molar-refractivity contribution in [1.82, 2.24) is 10.6 Å². The van der Waals surface area contributed by atoms with E-state index in [1.165, 1.54) is 13.2 Å². The van der Waals surface area contributed by atoms with Crippen molar-refractivity contribution >= 4 is 46.8 Å². The zero-order valence-corrected chi connectivity index (χ0v) is 29.4. The summed E-state index contributed by atoms with van der Waals surface area (Å²) in [6.07, 6.45) is 2.73. The third-order valence-corrected chi connectivity index (χ3v) is 10.1. The molecule has 4 rings (SSSR count). The van der Waals surface area contributed by atoms with Crippen LogP contribution in [0.2, 0.25) is 5.02 Å². The Labute approximate surface area is 292 Å². The van der Waals surface area contributed by atoms with E-state index < -0.39 is 58.7 Å². The topological polar surface area (TPSA) is 131 Å². The Bertz CT molecular complexity index is 1480. The van der Waals surface area contributed by atoms with E-state index >= 15 is 0 Å². The number of benzene rings is 2. The molecule has 3 N–H and O–H groups in total. The third kappa shape index (κ3) is 9.83. The van der Waals surface area contributed by atoms with Crippen LogP contribution in [0.25, 0.3) is 0 Å². The summed E-state index contributed by atoms with van der Waals surface area (Å²) < 4.78 is 11.3. The zero-order valence-electron chi connectivity index (χ0n) is 27.9. The number of nitrogens with one attached hydrogen (secondary N) is 2. The number of hydrogen-bond donors (Lipinski definition) is 3. The summed E-state index contributed by atoms with van der Waals surface area (Å²) in [5.74, 6) is -2.34. The summed E-state index contributed by atoms with van der Waals surface area (Å²) in [6, 6.07) is 13.3. The van der Waals surface area contributed by atoms with Crippen LogP contribution >= 0.6 is 23.2 Å². The smallest absolute Gasteiger partial charge is 0.309 e. The molecule has 2 aromatic carbocycles. The molecule has 6 atom stereocenters. The van der Waals surface area contributed by atoms with E-state index in [1.807, 2.05) is 44.2 Å². The number of hydrogen-bond acceptors (Lipinski definition) is 7. The molecule has 0 radical (unpaired) electrons. The van der Waals surface area contributed by atoms with Crippen LogP contribution in [0.3, 0.4) is 0 Å². The summed E-state index contributed by atoms with van der Waals surface area (Å²) >= 11 is 13.0. The minimum atomic E-state index is -1.09. The fourth-order valence-electron chi connectivity index (χ4n) is 6.10. The van der Waals surface area contributed by atoms with E-state index in [-0.39, 0.29) is 37.5 Å². The van der Waals surface area contributed by atoms with Crippen molar-refractivity contribution in [1.29, 1.82) is 0 Å². The number of halogens is 2. The number of rotatable bonds is 9. The molecular formula is C37H46Cl2N2O7.